The number of hydrogen-bond acceptors (Lipinski definition) is 3. The molecule has 0 heterocycles. The van der Waals surface area contributed by atoms with Crippen molar-refractivity contribution in [3.63, 3.8) is 0 Å². The molecule has 1 N–H and O–H groups in total. The Kier molecular flexibility index (Phi) is 7.01. The smallest absolute Gasteiger partial charge is 0.0587 e. The van der Waals surface area contributed by atoms with E-state index in [0.29, 0.717) is 5.25 Å². The molecule has 1 aromatic carbocycles. The van der Waals surface area contributed by atoms with Crippen molar-refractivity contribution in [3.05, 3.63) is 42.5 Å². The van der Waals surface area contributed by atoms with Gasteiger partial charge in [-0.3, -0.25) is 0 Å². The van der Waals surface area contributed by atoms with Crippen molar-refractivity contribution in [2.24, 2.45) is 0 Å². The van der Waals surface area contributed by atoms with Gasteiger partial charge in [0.1, 0.15) is 0 Å². The van der Waals surface area contributed by atoms with Crippen LogP contribution in [0.4, 0.5) is 0 Å². The van der Waals surface area contributed by atoms with Gasteiger partial charge < -0.3 is 10.1 Å². The lowest BCUT2D eigenvalue weighted by molar-refractivity contribution is 0.199. The maximum Gasteiger partial charge on any atom is 0.0587 e. The van der Waals surface area contributed by atoms with Gasteiger partial charge in [-0.15, -0.1) is 18.3 Å². The second kappa shape index (κ2) is 8.34. The summed E-state index contributed by atoms with van der Waals surface area (Å²) in [6, 6.07) is 8.61. The molecular weight excluding hydrogens is 230 g/mol. The van der Waals surface area contributed by atoms with Gasteiger partial charge in [0, 0.05) is 30.3 Å². The van der Waals surface area contributed by atoms with E-state index in [0.717, 1.165) is 19.7 Å². The normalized spacial score (nSPS) is 12.4. The molecule has 0 radical (unpaired) electrons. The fraction of sp³-hybridized carbons (Fsp3) is 0.429. The molecule has 0 fully saturated rings. The third-order valence-electron chi connectivity index (χ3n) is 2.36. The first-order valence-corrected chi connectivity index (χ1v) is 6.72. The molecule has 1 rings (SSSR count). The van der Waals surface area contributed by atoms with Crippen LogP contribution in [0.5, 0.6) is 0 Å². The lowest BCUT2D eigenvalue weighted by atomic mass is 10.2. The molecule has 0 saturated heterocycles. The van der Waals surface area contributed by atoms with E-state index < -0.39 is 0 Å². The lowest BCUT2D eigenvalue weighted by Crippen LogP contribution is -2.18. The van der Waals surface area contributed by atoms with Crippen LogP contribution in [0, 0.1) is 0 Å². The minimum Gasteiger partial charge on any atom is -0.383 e. The standard InChI is InChI=1S/C14H21NOS/c1-4-12(2)17-14-7-5-6-13(10-14)11-15-8-9-16-3/h4-7,10,12,15H,1,8-9,11H2,2-3H3. The highest BCUT2D eigenvalue weighted by atomic mass is 32.2. The molecule has 0 saturated carbocycles. The quantitative estimate of drug-likeness (QED) is 0.436. The number of rotatable bonds is 8. The zero-order valence-corrected chi connectivity index (χ0v) is 11.4. The van der Waals surface area contributed by atoms with E-state index >= 15 is 0 Å². The summed E-state index contributed by atoms with van der Waals surface area (Å²) in [5.74, 6) is 0. The Labute approximate surface area is 108 Å². The minimum absolute atomic E-state index is 0.451. The van der Waals surface area contributed by atoms with Crippen molar-refractivity contribution >= 4 is 11.8 Å². The van der Waals surface area contributed by atoms with Crippen LogP contribution in [0.15, 0.2) is 41.8 Å². The average Bonchev–Trinajstić information content (AvgIpc) is 2.35. The van der Waals surface area contributed by atoms with Crippen molar-refractivity contribution in [3.8, 4) is 0 Å². The molecule has 2 nitrogen and oxygen atoms in total. The fourth-order valence-corrected chi connectivity index (χ4v) is 2.30. The van der Waals surface area contributed by atoms with E-state index in [1.165, 1.54) is 10.5 Å². The Morgan fingerprint density at radius 2 is 2.35 bits per heavy atom. The van der Waals surface area contributed by atoms with E-state index in [1.54, 1.807) is 7.11 Å². The monoisotopic (exact) mass is 251 g/mol. The van der Waals surface area contributed by atoms with Gasteiger partial charge in [-0.05, 0) is 24.6 Å². The second-order valence-corrected chi connectivity index (χ2v) is 5.33. The van der Waals surface area contributed by atoms with Crippen LogP contribution in [-0.4, -0.2) is 25.5 Å². The van der Waals surface area contributed by atoms with E-state index in [2.05, 4.69) is 43.1 Å². The third-order valence-corrected chi connectivity index (χ3v) is 3.45. The molecule has 0 aliphatic heterocycles. The lowest BCUT2D eigenvalue weighted by Gasteiger charge is -2.08. The van der Waals surface area contributed by atoms with Gasteiger partial charge in [-0.1, -0.05) is 18.2 Å². The molecule has 94 valence electrons. The van der Waals surface area contributed by atoms with Gasteiger partial charge in [0.05, 0.1) is 6.61 Å². The fourth-order valence-electron chi connectivity index (χ4n) is 1.40. The molecule has 0 aliphatic rings. The van der Waals surface area contributed by atoms with Crippen molar-refractivity contribution in [2.45, 2.75) is 23.6 Å². The molecule has 17 heavy (non-hydrogen) atoms. The number of thioether (sulfide) groups is 1. The maximum absolute atomic E-state index is 4.99. The van der Waals surface area contributed by atoms with Gasteiger partial charge in [0.2, 0.25) is 0 Å². The maximum atomic E-state index is 4.99. The summed E-state index contributed by atoms with van der Waals surface area (Å²) in [6.07, 6.45) is 1.97. The molecular formula is C14H21NOS. The van der Waals surface area contributed by atoms with Gasteiger partial charge in [0.25, 0.3) is 0 Å². The summed E-state index contributed by atoms with van der Waals surface area (Å²) in [5.41, 5.74) is 1.31. The van der Waals surface area contributed by atoms with E-state index in [-0.39, 0.29) is 0 Å². The predicted molar refractivity (Wildman–Crippen MR) is 75.5 cm³/mol. The molecule has 0 spiro atoms. The van der Waals surface area contributed by atoms with Crippen molar-refractivity contribution in [1.29, 1.82) is 0 Å². The van der Waals surface area contributed by atoms with Crippen LogP contribution in [0.3, 0.4) is 0 Å². The third kappa shape index (κ3) is 5.91. The van der Waals surface area contributed by atoms with E-state index in [9.17, 15) is 0 Å². The highest BCUT2D eigenvalue weighted by Gasteiger charge is 2.00. The highest BCUT2D eigenvalue weighted by molar-refractivity contribution is 8.00. The Hall–Kier alpha value is -0.770. The zero-order chi connectivity index (χ0) is 12.5. The van der Waals surface area contributed by atoms with E-state index in [4.69, 9.17) is 4.74 Å². The topological polar surface area (TPSA) is 21.3 Å². The number of methoxy groups -OCH3 is 1. The largest absolute Gasteiger partial charge is 0.383 e. The van der Waals surface area contributed by atoms with Crippen molar-refractivity contribution in [1.82, 2.24) is 5.32 Å². The Morgan fingerprint density at radius 3 is 3.06 bits per heavy atom. The molecule has 1 unspecified atom stereocenters. The summed E-state index contributed by atoms with van der Waals surface area (Å²) in [5, 5.41) is 3.79. The van der Waals surface area contributed by atoms with Crippen LogP contribution in [-0.2, 0) is 11.3 Å². The summed E-state index contributed by atoms with van der Waals surface area (Å²) in [4.78, 5) is 1.29. The highest BCUT2D eigenvalue weighted by Crippen LogP contribution is 2.24. The van der Waals surface area contributed by atoms with Crippen LogP contribution in [0.1, 0.15) is 12.5 Å². The minimum atomic E-state index is 0.451. The molecule has 0 amide bonds. The molecule has 0 aromatic heterocycles. The number of nitrogens with one attached hydrogen (secondary N) is 1. The Bertz CT molecular complexity index is 341. The molecule has 1 aromatic rings. The second-order valence-electron chi connectivity index (χ2n) is 3.88. The number of ether oxygens (including phenoxy) is 1. The summed E-state index contributed by atoms with van der Waals surface area (Å²) in [7, 11) is 1.72. The van der Waals surface area contributed by atoms with Gasteiger partial charge in [-0.2, -0.15) is 0 Å². The summed E-state index contributed by atoms with van der Waals surface area (Å²) < 4.78 is 4.99. The van der Waals surface area contributed by atoms with Crippen molar-refractivity contribution < 1.29 is 4.74 Å². The van der Waals surface area contributed by atoms with E-state index in [1.807, 2.05) is 17.8 Å². The Balaban J connectivity index is 2.45. The number of hydrogen-bond donors (Lipinski definition) is 1. The first-order chi connectivity index (χ1) is 8.26. The first-order valence-electron chi connectivity index (χ1n) is 5.84. The average molecular weight is 251 g/mol. The van der Waals surface area contributed by atoms with Crippen LogP contribution in [0.25, 0.3) is 0 Å². The van der Waals surface area contributed by atoms with Crippen LogP contribution < -0.4 is 5.32 Å². The summed E-state index contributed by atoms with van der Waals surface area (Å²) >= 11 is 1.83. The Morgan fingerprint density at radius 1 is 1.53 bits per heavy atom. The zero-order valence-electron chi connectivity index (χ0n) is 10.6. The summed E-state index contributed by atoms with van der Waals surface area (Å²) in [6.45, 7) is 8.48. The van der Waals surface area contributed by atoms with Crippen molar-refractivity contribution in [2.75, 3.05) is 20.3 Å². The molecule has 0 bridgehead atoms. The number of benzene rings is 1. The van der Waals surface area contributed by atoms with Gasteiger partial charge >= 0.3 is 0 Å². The predicted octanol–water partition coefficient (Wildman–Crippen LogP) is 3.09. The molecule has 3 heteroatoms. The van der Waals surface area contributed by atoms with Gasteiger partial charge in [0.15, 0.2) is 0 Å². The molecule has 0 aliphatic carbocycles. The van der Waals surface area contributed by atoms with Crippen LogP contribution >= 0.6 is 11.8 Å². The SMILES string of the molecule is C=CC(C)Sc1cccc(CNCCOC)c1. The van der Waals surface area contributed by atoms with Gasteiger partial charge in [-0.25, -0.2) is 0 Å². The van der Waals surface area contributed by atoms with Crippen LogP contribution in [0.2, 0.25) is 0 Å². The molecule has 1 atom stereocenters. The first kappa shape index (κ1) is 14.3.